The summed E-state index contributed by atoms with van der Waals surface area (Å²) in [5.41, 5.74) is 8.74. The maximum atomic E-state index is 5.71. The molecule has 3 aromatic rings. The van der Waals surface area contributed by atoms with Crippen LogP contribution in [0.5, 0.6) is 0 Å². The molecule has 2 saturated heterocycles. The number of nitrogens with two attached hydrogens (primary N) is 1. The summed E-state index contributed by atoms with van der Waals surface area (Å²) in [7, 11) is 1.77. The van der Waals surface area contributed by atoms with Crippen LogP contribution in [0.4, 0.5) is 5.82 Å². The zero-order chi connectivity index (χ0) is 24.0. The first-order valence-corrected chi connectivity index (χ1v) is 13.1. The Kier molecular flexibility index (Phi) is 7.90. The van der Waals surface area contributed by atoms with Gasteiger partial charge >= 0.3 is 0 Å². The first-order chi connectivity index (χ1) is 17.2. The molecule has 0 aliphatic carbocycles. The number of benzene rings is 1. The van der Waals surface area contributed by atoms with Crippen molar-refractivity contribution in [1.82, 2.24) is 19.8 Å². The molecule has 9 heteroatoms. The summed E-state index contributed by atoms with van der Waals surface area (Å²) in [6.45, 7) is 10.2. The van der Waals surface area contributed by atoms with E-state index in [-0.39, 0.29) is 0 Å². The molecule has 0 atom stereocenters. The van der Waals surface area contributed by atoms with Gasteiger partial charge < -0.3 is 20.1 Å². The normalized spacial score (nSPS) is 18.1. The predicted molar refractivity (Wildman–Crippen MR) is 143 cm³/mol. The highest BCUT2D eigenvalue weighted by Gasteiger charge is 2.22. The van der Waals surface area contributed by atoms with E-state index in [1.807, 2.05) is 35.6 Å². The number of rotatable bonds is 8. The topological polar surface area (TPSA) is 80.0 Å². The Morgan fingerprint density at radius 1 is 1.06 bits per heavy atom. The molecule has 2 aliphatic rings. The van der Waals surface area contributed by atoms with Crippen molar-refractivity contribution in [1.29, 1.82) is 0 Å². The van der Waals surface area contributed by atoms with E-state index in [9.17, 15) is 0 Å². The highest BCUT2D eigenvalue weighted by Crippen LogP contribution is 2.35. The summed E-state index contributed by atoms with van der Waals surface area (Å²) in [6, 6.07) is 10.4. The minimum absolute atomic E-state index is 0.721. The van der Waals surface area contributed by atoms with Gasteiger partial charge in [-0.25, -0.2) is 9.97 Å². The second kappa shape index (κ2) is 11.5. The second-order valence-corrected chi connectivity index (χ2v) is 10.1. The van der Waals surface area contributed by atoms with Crippen molar-refractivity contribution in [2.24, 2.45) is 5.73 Å². The van der Waals surface area contributed by atoms with E-state index in [1.165, 1.54) is 4.88 Å². The van der Waals surface area contributed by atoms with Crippen molar-refractivity contribution < 1.29 is 9.47 Å². The zero-order valence-electron chi connectivity index (χ0n) is 20.4. The second-order valence-electron chi connectivity index (χ2n) is 8.95. The Morgan fingerprint density at radius 3 is 2.60 bits per heavy atom. The molecule has 2 aliphatic heterocycles. The molecule has 2 aromatic heterocycles. The number of nitrogens with zero attached hydrogens (tertiary/aromatic N) is 5. The summed E-state index contributed by atoms with van der Waals surface area (Å²) in [4.78, 5) is 18.8. The molecule has 0 unspecified atom stereocenters. The van der Waals surface area contributed by atoms with Crippen LogP contribution in [0.15, 0.2) is 36.5 Å². The molecule has 0 saturated carbocycles. The number of methoxy groups -OCH3 is 1. The van der Waals surface area contributed by atoms with Crippen molar-refractivity contribution in [3.8, 4) is 11.4 Å². The van der Waals surface area contributed by atoms with E-state index in [0.717, 1.165) is 105 Å². The van der Waals surface area contributed by atoms with Crippen molar-refractivity contribution in [2.75, 3.05) is 77.6 Å². The van der Waals surface area contributed by atoms with Crippen LogP contribution in [0.2, 0.25) is 0 Å². The minimum atomic E-state index is 0.721. The van der Waals surface area contributed by atoms with Gasteiger partial charge in [-0.1, -0.05) is 24.3 Å². The van der Waals surface area contributed by atoms with E-state index in [0.29, 0.717) is 0 Å². The van der Waals surface area contributed by atoms with Crippen LogP contribution < -0.4 is 10.6 Å². The maximum Gasteiger partial charge on any atom is 0.162 e. The van der Waals surface area contributed by atoms with Gasteiger partial charge in [0.1, 0.15) is 0 Å². The van der Waals surface area contributed by atoms with Crippen LogP contribution in [0.3, 0.4) is 0 Å². The first-order valence-electron chi connectivity index (χ1n) is 12.3. The standard InChI is InChI=1S/C26H34N6O2S/c1-33-15-12-30-8-10-31(11-9-30)19-21-18-23-24(35-21)26(32-13-16-34-17-14-32)29-25(28-23)22-5-3-2-4-20(22)6-7-27/h2-7,18H,8-17,19,27H2,1H3/b7-6-. The minimum Gasteiger partial charge on any atom is -0.405 e. The van der Waals surface area contributed by atoms with Gasteiger partial charge in [-0.15, -0.1) is 11.3 Å². The number of morpholine rings is 1. The number of ether oxygens (including phenoxy) is 2. The summed E-state index contributed by atoms with van der Waals surface area (Å²) in [5.74, 6) is 1.75. The van der Waals surface area contributed by atoms with Crippen molar-refractivity contribution in [3.63, 3.8) is 0 Å². The SMILES string of the molecule is COCCN1CCN(Cc2cc3nc(-c4ccccc4/C=C\N)nc(N4CCOCC4)c3s2)CC1. The van der Waals surface area contributed by atoms with Crippen LogP contribution in [0.1, 0.15) is 10.4 Å². The highest BCUT2D eigenvalue weighted by atomic mass is 32.1. The molecule has 35 heavy (non-hydrogen) atoms. The predicted octanol–water partition coefficient (Wildman–Crippen LogP) is 2.89. The lowest BCUT2D eigenvalue weighted by Crippen LogP contribution is -2.46. The third-order valence-corrected chi connectivity index (χ3v) is 7.75. The monoisotopic (exact) mass is 494 g/mol. The molecule has 2 N–H and O–H groups in total. The lowest BCUT2D eigenvalue weighted by molar-refractivity contribution is 0.0943. The Morgan fingerprint density at radius 2 is 1.83 bits per heavy atom. The maximum absolute atomic E-state index is 5.71. The number of fused-ring (bicyclic) bond motifs is 1. The number of anilines is 1. The van der Waals surface area contributed by atoms with Gasteiger partial charge in [0.25, 0.3) is 0 Å². The molecule has 1 aromatic carbocycles. The van der Waals surface area contributed by atoms with Crippen LogP contribution >= 0.6 is 11.3 Å². The Bertz CT molecular complexity index is 1150. The Hall–Kier alpha value is -2.56. The van der Waals surface area contributed by atoms with E-state index in [2.05, 4.69) is 26.8 Å². The lowest BCUT2D eigenvalue weighted by atomic mass is 10.1. The quantitative estimate of drug-likeness (QED) is 0.512. The van der Waals surface area contributed by atoms with E-state index in [1.54, 1.807) is 13.3 Å². The van der Waals surface area contributed by atoms with Gasteiger partial charge in [0.15, 0.2) is 11.6 Å². The summed E-state index contributed by atoms with van der Waals surface area (Å²) < 4.78 is 12.0. The molecule has 5 rings (SSSR count). The molecule has 0 radical (unpaired) electrons. The third kappa shape index (κ3) is 5.65. The fourth-order valence-electron chi connectivity index (χ4n) is 4.71. The summed E-state index contributed by atoms with van der Waals surface area (Å²) in [5, 5.41) is 0. The van der Waals surface area contributed by atoms with Crippen LogP contribution in [-0.2, 0) is 16.0 Å². The zero-order valence-corrected chi connectivity index (χ0v) is 21.2. The number of hydrogen-bond donors (Lipinski definition) is 1. The number of aromatic nitrogens is 2. The molecule has 4 heterocycles. The molecule has 0 amide bonds. The highest BCUT2D eigenvalue weighted by molar-refractivity contribution is 7.19. The largest absolute Gasteiger partial charge is 0.405 e. The van der Waals surface area contributed by atoms with Crippen molar-refractivity contribution in [3.05, 3.63) is 47.0 Å². The molecule has 8 nitrogen and oxygen atoms in total. The van der Waals surface area contributed by atoms with Gasteiger partial charge in [0, 0.05) is 69.9 Å². The van der Waals surface area contributed by atoms with Gasteiger partial charge in [-0.2, -0.15) is 0 Å². The molecule has 0 bridgehead atoms. The average molecular weight is 495 g/mol. The van der Waals surface area contributed by atoms with Crippen LogP contribution in [-0.4, -0.2) is 92.5 Å². The van der Waals surface area contributed by atoms with Crippen LogP contribution in [0, 0.1) is 0 Å². The van der Waals surface area contributed by atoms with E-state index < -0.39 is 0 Å². The third-order valence-electron chi connectivity index (χ3n) is 6.65. The van der Waals surface area contributed by atoms with E-state index in [4.69, 9.17) is 25.2 Å². The van der Waals surface area contributed by atoms with Gasteiger partial charge in [-0.05, 0) is 23.9 Å². The van der Waals surface area contributed by atoms with E-state index >= 15 is 0 Å². The number of thiophene rings is 1. The van der Waals surface area contributed by atoms with Gasteiger partial charge in [-0.3, -0.25) is 9.80 Å². The Balaban J connectivity index is 1.44. The fourth-order valence-corrected chi connectivity index (χ4v) is 5.87. The first kappa shape index (κ1) is 24.1. The molecule has 2 fully saturated rings. The summed E-state index contributed by atoms with van der Waals surface area (Å²) in [6.07, 6.45) is 3.47. The fraction of sp³-hybridized carbons (Fsp3) is 0.462. The average Bonchev–Trinajstić information content (AvgIpc) is 3.31. The van der Waals surface area contributed by atoms with Gasteiger partial charge in [0.05, 0.1) is 30.0 Å². The van der Waals surface area contributed by atoms with Crippen LogP contribution in [0.25, 0.3) is 27.7 Å². The summed E-state index contributed by atoms with van der Waals surface area (Å²) >= 11 is 1.83. The van der Waals surface area contributed by atoms with Gasteiger partial charge in [0.2, 0.25) is 0 Å². The molecular formula is C26H34N6O2S. The number of piperazine rings is 1. The smallest absolute Gasteiger partial charge is 0.162 e. The molecule has 186 valence electrons. The van der Waals surface area contributed by atoms with Crippen molar-refractivity contribution in [2.45, 2.75) is 6.54 Å². The number of hydrogen-bond acceptors (Lipinski definition) is 9. The molecule has 0 spiro atoms. The Labute approximate surface area is 211 Å². The van der Waals surface area contributed by atoms with Crippen molar-refractivity contribution >= 4 is 33.4 Å². The molecular weight excluding hydrogens is 460 g/mol. The lowest BCUT2D eigenvalue weighted by Gasteiger charge is -2.34.